The van der Waals surface area contributed by atoms with Crippen LogP contribution in [0, 0.1) is 6.92 Å². The summed E-state index contributed by atoms with van der Waals surface area (Å²) in [7, 11) is 0. The molecule has 1 heterocycles. The summed E-state index contributed by atoms with van der Waals surface area (Å²) >= 11 is 12.5. The van der Waals surface area contributed by atoms with Crippen LogP contribution in [0.2, 0.25) is 10.0 Å². The number of unbranched alkanes of at least 4 members (excludes halogenated alkanes) is 6. The highest BCUT2D eigenvalue weighted by molar-refractivity contribution is 6.42. The van der Waals surface area contributed by atoms with Crippen LogP contribution in [0.15, 0.2) is 12.1 Å². The van der Waals surface area contributed by atoms with Gasteiger partial charge in [0.25, 0.3) is 5.82 Å². The molecule has 0 bridgehead atoms. The average molecular weight is 494 g/mol. The summed E-state index contributed by atoms with van der Waals surface area (Å²) in [6.07, 6.45) is 9.27. The van der Waals surface area contributed by atoms with E-state index in [9.17, 15) is 4.79 Å². The Kier molecular flexibility index (Phi) is 11.5. The number of nitrogens with zero attached hydrogens (tertiary/aromatic N) is 2. The Bertz CT molecular complexity index is 778. The maximum absolute atomic E-state index is 10.7. The second-order valence-electron chi connectivity index (χ2n) is 7.22. The number of carboxylic acids is 1. The van der Waals surface area contributed by atoms with Crippen molar-refractivity contribution in [3.05, 3.63) is 28.0 Å². The molecule has 0 atom stereocenters. The third kappa shape index (κ3) is 6.93. The zero-order chi connectivity index (χ0) is 19.8. The quantitative estimate of drug-likeness (QED) is 0.364. The first-order valence-corrected chi connectivity index (χ1v) is 10.8. The summed E-state index contributed by atoms with van der Waals surface area (Å²) in [6, 6.07) is 3.89. The van der Waals surface area contributed by atoms with Crippen molar-refractivity contribution in [2.24, 2.45) is 0 Å². The third-order valence-corrected chi connectivity index (χ3v) is 5.86. The molecule has 0 radical (unpaired) electrons. The van der Waals surface area contributed by atoms with E-state index in [4.69, 9.17) is 28.3 Å². The first-order valence-electron chi connectivity index (χ1n) is 10.0. The number of aromatic nitrogens is 2. The predicted octanol–water partition coefficient (Wildman–Crippen LogP) is 3.16. The lowest BCUT2D eigenvalue weighted by molar-refractivity contribution is -0.678. The average Bonchev–Trinajstić information content (AvgIpc) is 2.86. The van der Waals surface area contributed by atoms with Gasteiger partial charge in [-0.05, 0) is 25.7 Å². The van der Waals surface area contributed by atoms with Gasteiger partial charge in [0.05, 0.1) is 23.1 Å². The number of fused-ring (bicyclic) bond motifs is 1. The van der Waals surface area contributed by atoms with Gasteiger partial charge in [0.15, 0.2) is 11.0 Å². The van der Waals surface area contributed by atoms with Crippen LogP contribution in [0.5, 0.6) is 0 Å². The lowest BCUT2D eigenvalue weighted by Crippen LogP contribution is -3.00. The molecule has 0 unspecified atom stereocenters. The molecule has 4 nitrogen and oxygen atoms in total. The van der Waals surface area contributed by atoms with Crippen LogP contribution >= 0.6 is 23.2 Å². The standard InChI is InChI=1S/C21H30Cl2N2O2.BrH/c1-3-4-5-6-7-9-12-24-16(2)25(13-10-8-11-21(26)27)20-15-18(23)17(22)14-19(20)24;/h14-15H,3-13H2,1-2H3;1H. The SMILES string of the molecule is CCCCCCCC[n+]1c(C)n(CCCCC(=O)O)c2cc(Cl)c(Cl)cc21.[Br-]. The molecule has 0 saturated carbocycles. The molecule has 2 rings (SSSR count). The minimum absolute atomic E-state index is 0. The van der Waals surface area contributed by atoms with Crippen LogP contribution in [0.4, 0.5) is 0 Å². The monoisotopic (exact) mass is 492 g/mol. The molecule has 1 aromatic carbocycles. The smallest absolute Gasteiger partial charge is 0.303 e. The minimum atomic E-state index is -0.739. The predicted molar refractivity (Wildman–Crippen MR) is 112 cm³/mol. The molecular weight excluding hydrogens is 463 g/mol. The lowest BCUT2D eigenvalue weighted by Gasteiger charge is -2.03. The largest absolute Gasteiger partial charge is 1.00 e. The van der Waals surface area contributed by atoms with Crippen LogP contribution < -0.4 is 21.5 Å². The fourth-order valence-corrected chi connectivity index (χ4v) is 3.93. The Morgan fingerprint density at radius 2 is 1.68 bits per heavy atom. The van der Waals surface area contributed by atoms with Gasteiger partial charge >= 0.3 is 5.97 Å². The van der Waals surface area contributed by atoms with E-state index in [0.717, 1.165) is 37.0 Å². The highest BCUT2D eigenvalue weighted by Crippen LogP contribution is 2.28. The van der Waals surface area contributed by atoms with E-state index < -0.39 is 5.97 Å². The summed E-state index contributed by atoms with van der Waals surface area (Å²) < 4.78 is 4.57. The van der Waals surface area contributed by atoms with Crippen molar-refractivity contribution in [1.82, 2.24) is 4.57 Å². The Morgan fingerprint density at radius 3 is 2.36 bits per heavy atom. The molecule has 0 aliphatic rings. The normalized spacial score (nSPS) is 11.0. The molecule has 0 aliphatic carbocycles. The van der Waals surface area contributed by atoms with Gasteiger partial charge in [0.2, 0.25) is 0 Å². The van der Waals surface area contributed by atoms with Crippen LogP contribution in [-0.4, -0.2) is 15.6 Å². The molecule has 0 amide bonds. The van der Waals surface area contributed by atoms with E-state index in [1.54, 1.807) is 0 Å². The fraction of sp³-hybridized carbons (Fsp3) is 0.619. The van der Waals surface area contributed by atoms with Crippen molar-refractivity contribution in [1.29, 1.82) is 0 Å². The van der Waals surface area contributed by atoms with Crippen molar-refractivity contribution < 1.29 is 31.4 Å². The van der Waals surface area contributed by atoms with Gasteiger partial charge in [-0.25, -0.2) is 9.13 Å². The molecule has 1 N–H and O–H groups in total. The van der Waals surface area contributed by atoms with Crippen molar-refractivity contribution in [3.63, 3.8) is 0 Å². The molecule has 28 heavy (non-hydrogen) atoms. The number of hydrogen-bond donors (Lipinski definition) is 1. The third-order valence-electron chi connectivity index (χ3n) is 5.14. The van der Waals surface area contributed by atoms with E-state index in [-0.39, 0.29) is 23.4 Å². The summed E-state index contributed by atoms with van der Waals surface area (Å²) in [5.74, 6) is 0.435. The van der Waals surface area contributed by atoms with Gasteiger partial charge in [0, 0.05) is 25.5 Å². The Balaban J connectivity index is 0.00000392. The molecule has 0 aliphatic heterocycles. The first-order chi connectivity index (χ1) is 13.0. The Morgan fingerprint density at radius 1 is 1.04 bits per heavy atom. The van der Waals surface area contributed by atoms with E-state index in [1.807, 2.05) is 12.1 Å². The van der Waals surface area contributed by atoms with Gasteiger partial charge < -0.3 is 22.1 Å². The number of carboxylic acid groups (broad SMARTS) is 1. The zero-order valence-electron chi connectivity index (χ0n) is 16.8. The number of benzene rings is 1. The molecule has 2 aromatic rings. The van der Waals surface area contributed by atoms with Gasteiger partial charge in [-0.1, -0.05) is 55.8 Å². The van der Waals surface area contributed by atoms with E-state index in [1.165, 1.54) is 37.9 Å². The van der Waals surface area contributed by atoms with E-state index in [2.05, 4.69) is 23.0 Å². The van der Waals surface area contributed by atoms with Crippen LogP contribution in [0.1, 0.15) is 70.5 Å². The van der Waals surface area contributed by atoms with Crippen molar-refractivity contribution in [3.8, 4) is 0 Å². The molecule has 7 heteroatoms. The highest BCUT2D eigenvalue weighted by atomic mass is 79.9. The Labute approximate surface area is 188 Å². The van der Waals surface area contributed by atoms with E-state index in [0.29, 0.717) is 16.5 Å². The number of halogens is 3. The number of carbonyl (C=O) groups is 1. The van der Waals surface area contributed by atoms with Crippen LogP contribution in [0.25, 0.3) is 11.0 Å². The molecule has 0 fully saturated rings. The van der Waals surface area contributed by atoms with Gasteiger partial charge in [-0.2, -0.15) is 0 Å². The fourth-order valence-electron chi connectivity index (χ4n) is 3.61. The minimum Gasteiger partial charge on any atom is -1.00 e. The van der Waals surface area contributed by atoms with Crippen LogP contribution in [-0.2, 0) is 17.9 Å². The van der Waals surface area contributed by atoms with Gasteiger partial charge in [0.1, 0.15) is 0 Å². The molecule has 0 spiro atoms. The lowest BCUT2D eigenvalue weighted by atomic mass is 10.1. The van der Waals surface area contributed by atoms with Crippen molar-refractivity contribution in [2.45, 2.75) is 84.7 Å². The second-order valence-corrected chi connectivity index (χ2v) is 8.04. The van der Waals surface area contributed by atoms with Crippen molar-refractivity contribution in [2.75, 3.05) is 0 Å². The first kappa shape index (κ1) is 25.3. The molecular formula is C21H31BrCl2N2O2. The van der Waals surface area contributed by atoms with Crippen molar-refractivity contribution >= 4 is 40.2 Å². The second kappa shape index (κ2) is 12.7. The number of hydrogen-bond acceptors (Lipinski definition) is 1. The topological polar surface area (TPSA) is 46.1 Å². The highest BCUT2D eigenvalue weighted by Gasteiger charge is 2.22. The number of aryl methyl sites for hydroxylation is 2. The summed E-state index contributed by atoms with van der Waals surface area (Å²) in [5.41, 5.74) is 2.18. The number of rotatable bonds is 12. The van der Waals surface area contributed by atoms with Crippen LogP contribution in [0.3, 0.4) is 0 Å². The zero-order valence-corrected chi connectivity index (χ0v) is 19.9. The van der Waals surface area contributed by atoms with Gasteiger partial charge in [-0.15, -0.1) is 0 Å². The number of aliphatic carboxylic acids is 1. The summed E-state index contributed by atoms with van der Waals surface area (Å²) in [6.45, 7) is 6.11. The summed E-state index contributed by atoms with van der Waals surface area (Å²) in [5, 5.41) is 9.97. The maximum atomic E-state index is 10.7. The van der Waals surface area contributed by atoms with Gasteiger partial charge in [-0.3, -0.25) is 4.79 Å². The summed E-state index contributed by atoms with van der Waals surface area (Å²) in [4.78, 5) is 10.7. The Hall–Kier alpha value is -0.780. The molecule has 0 saturated heterocycles. The maximum Gasteiger partial charge on any atom is 0.303 e. The number of imidazole rings is 1. The molecule has 158 valence electrons. The van der Waals surface area contributed by atoms with E-state index >= 15 is 0 Å². The molecule has 1 aromatic heterocycles.